The number of amides is 1. The number of fused-ring (bicyclic) bond motifs is 1. The number of benzodiazepines with no additional fused rings is 1. The van der Waals surface area contributed by atoms with Crippen molar-refractivity contribution in [2.75, 3.05) is 5.32 Å². The Hall–Kier alpha value is -2.17. The van der Waals surface area contributed by atoms with Gasteiger partial charge in [-0.05, 0) is 18.2 Å². The lowest BCUT2D eigenvalue weighted by Crippen LogP contribution is -2.33. The van der Waals surface area contributed by atoms with E-state index in [9.17, 15) is 4.79 Å². The number of hydrogen-bond acceptors (Lipinski definition) is 3. The molecule has 3 rings (SSSR count). The maximum atomic E-state index is 11.9. The zero-order valence-electron chi connectivity index (χ0n) is 10.5. The Labute approximate surface area is 121 Å². The van der Waals surface area contributed by atoms with Crippen LogP contribution in [0, 0.1) is 0 Å². The molecule has 0 bridgehead atoms. The quantitative estimate of drug-likeness (QED) is 0.845. The number of nitrogens with zero attached hydrogens (tertiary/aromatic N) is 1. The first-order chi connectivity index (χ1) is 9.65. The van der Waals surface area contributed by atoms with Gasteiger partial charge >= 0.3 is 0 Å². The van der Waals surface area contributed by atoms with Gasteiger partial charge < -0.3 is 11.1 Å². The van der Waals surface area contributed by atoms with Gasteiger partial charge in [0.05, 0.1) is 11.4 Å². The molecule has 2 aromatic rings. The van der Waals surface area contributed by atoms with E-state index in [0.717, 1.165) is 11.1 Å². The molecule has 0 saturated heterocycles. The highest BCUT2D eigenvalue weighted by atomic mass is 35.5. The number of hydrogen-bond donors (Lipinski definition) is 2. The van der Waals surface area contributed by atoms with Gasteiger partial charge in [0.25, 0.3) is 5.91 Å². The summed E-state index contributed by atoms with van der Waals surface area (Å²) >= 11 is 5.99. The molecule has 100 valence electrons. The highest BCUT2D eigenvalue weighted by Gasteiger charge is 2.23. The van der Waals surface area contributed by atoms with Crippen LogP contribution >= 0.6 is 11.6 Å². The first kappa shape index (κ1) is 12.8. The minimum atomic E-state index is -0.934. The second kappa shape index (κ2) is 5.07. The minimum absolute atomic E-state index is 0.348. The molecule has 1 aliphatic heterocycles. The maximum absolute atomic E-state index is 11.9. The van der Waals surface area contributed by atoms with Gasteiger partial charge in [-0.3, -0.25) is 9.79 Å². The number of nitrogens with two attached hydrogens (primary N) is 1. The van der Waals surface area contributed by atoms with E-state index in [1.165, 1.54) is 0 Å². The van der Waals surface area contributed by atoms with E-state index < -0.39 is 6.17 Å². The second-order valence-corrected chi connectivity index (χ2v) is 4.90. The Morgan fingerprint density at radius 1 is 1.15 bits per heavy atom. The first-order valence-corrected chi connectivity index (χ1v) is 6.52. The van der Waals surface area contributed by atoms with E-state index in [2.05, 4.69) is 10.3 Å². The highest BCUT2D eigenvalue weighted by Crippen LogP contribution is 2.26. The standard InChI is InChI=1S/C15H12ClN3O/c16-10-6-7-11-12(8-10)18-15(20)14(17)19-13(11)9-4-2-1-3-5-9/h1-8,14H,17H2,(H,18,20). The number of rotatable bonds is 1. The molecule has 3 N–H and O–H groups in total. The fourth-order valence-electron chi connectivity index (χ4n) is 2.13. The Kier molecular flexibility index (Phi) is 3.26. The molecular weight excluding hydrogens is 274 g/mol. The van der Waals surface area contributed by atoms with Crippen molar-refractivity contribution in [3.8, 4) is 0 Å². The number of halogens is 1. The van der Waals surface area contributed by atoms with Crippen LogP contribution in [0.4, 0.5) is 5.69 Å². The fourth-order valence-corrected chi connectivity index (χ4v) is 2.30. The van der Waals surface area contributed by atoms with Gasteiger partial charge in [0.2, 0.25) is 0 Å². The lowest BCUT2D eigenvalue weighted by molar-refractivity contribution is -0.117. The average Bonchev–Trinajstić information content (AvgIpc) is 2.57. The van der Waals surface area contributed by atoms with E-state index in [4.69, 9.17) is 17.3 Å². The molecule has 1 unspecified atom stereocenters. The molecule has 4 nitrogen and oxygen atoms in total. The van der Waals surface area contributed by atoms with Crippen LogP contribution in [0.15, 0.2) is 53.5 Å². The predicted molar refractivity (Wildman–Crippen MR) is 80.1 cm³/mol. The van der Waals surface area contributed by atoms with Gasteiger partial charge in [-0.15, -0.1) is 0 Å². The summed E-state index contributed by atoms with van der Waals surface area (Å²) in [5.74, 6) is -0.348. The van der Waals surface area contributed by atoms with Gasteiger partial charge in [-0.2, -0.15) is 0 Å². The van der Waals surface area contributed by atoms with Crippen LogP contribution in [-0.4, -0.2) is 17.8 Å². The van der Waals surface area contributed by atoms with Crippen molar-refractivity contribution in [1.82, 2.24) is 0 Å². The molecule has 5 heteroatoms. The summed E-state index contributed by atoms with van der Waals surface area (Å²) in [5, 5.41) is 3.30. The lowest BCUT2D eigenvalue weighted by Gasteiger charge is -2.10. The maximum Gasteiger partial charge on any atom is 0.263 e. The molecule has 20 heavy (non-hydrogen) atoms. The van der Waals surface area contributed by atoms with Crippen molar-refractivity contribution in [2.24, 2.45) is 10.7 Å². The smallest absolute Gasteiger partial charge is 0.263 e. The van der Waals surface area contributed by atoms with Gasteiger partial charge in [0, 0.05) is 16.1 Å². The molecule has 0 fully saturated rings. The van der Waals surface area contributed by atoms with E-state index in [0.29, 0.717) is 16.4 Å². The Balaban J connectivity index is 2.22. The van der Waals surface area contributed by atoms with Crippen LogP contribution in [0.3, 0.4) is 0 Å². The van der Waals surface area contributed by atoms with Crippen LogP contribution in [0.1, 0.15) is 11.1 Å². The van der Waals surface area contributed by atoms with Gasteiger partial charge in [-0.25, -0.2) is 0 Å². The van der Waals surface area contributed by atoms with E-state index in [1.54, 1.807) is 12.1 Å². The number of anilines is 1. The average molecular weight is 286 g/mol. The summed E-state index contributed by atoms with van der Waals surface area (Å²) in [4.78, 5) is 16.2. The van der Waals surface area contributed by atoms with E-state index >= 15 is 0 Å². The molecule has 0 aliphatic carbocycles. The zero-order chi connectivity index (χ0) is 14.1. The number of nitrogens with one attached hydrogen (secondary N) is 1. The van der Waals surface area contributed by atoms with E-state index in [-0.39, 0.29) is 5.91 Å². The van der Waals surface area contributed by atoms with Crippen molar-refractivity contribution in [2.45, 2.75) is 6.17 Å². The van der Waals surface area contributed by atoms with Gasteiger partial charge in [0.1, 0.15) is 0 Å². The largest absolute Gasteiger partial charge is 0.322 e. The third-order valence-corrected chi connectivity index (χ3v) is 3.31. The summed E-state index contributed by atoms with van der Waals surface area (Å²) in [6.07, 6.45) is -0.934. The van der Waals surface area contributed by atoms with Crippen LogP contribution in [0.25, 0.3) is 0 Å². The van der Waals surface area contributed by atoms with Crippen molar-refractivity contribution >= 4 is 28.9 Å². The normalized spacial score (nSPS) is 17.8. The molecule has 0 saturated carbocycles. The van der Waals surface area contributed by atoms with Gasteiger partial charge in [0.15, 0.2) is 6.17 Å². The minimum Gasteiger partial charge on any atom is -0.322 e. The van der Waals surface area contributed by atoms with Crippen molar-refractivity contribution < 1.29 is 4.79 Å². The highest BCUT2D eigenvalue weighted by molar-refractivity contribution is 6.31. The summed E-state index contributed by atoms with van der Waals surface area (Å²) in [7, 11) is 0. The molecule has 1 atom stereocenters. The third-order valence-electron chi connectivity index (χ3n) is 3.08. The molecular formula is C15H12ClN3O. The molecule has 1 heterocycles. The van der Waals surface area contributed by atoms with Crippen LogP contribution in [0.2, 0.25) is 5.02 Å². The van der Waals surface area contributed by atoms with Crippen LogP contribution < -0.4 is 11.1 Å². The number of carbonyl (C=O) groups is 1. The predicted octanol–water partition coefficient (Wildman–Crippen LogP) is 2.41. The molecule has 1 amide bonds. The Morgan fingerprint density at radius 2 is 1.90 bits per heavy atom. The number of aliphatic imine (C=N–C) groups is 1. The summed E-state index contributed by atoms with van der Waals surface area (Å²) in [6, 6.07) is 14.9. The number of carbonyl (C=O) groups excluding carboxylic acids is 1. The van der Waals surface area contributed by atoms with E-state index in [1.807, 2.05) is 36.4 Å². The van der Waals surface area contributed by atoms with Crippen molar-refractivity contribution in [3.63, 3.8) is 0 Å². The first-order valence-electron chi connectivity index (χ1n) is 6.15. The lowest BCUT2D eigenvalue weighted by atomic mass is 10.0. The second-order valence-electron chi connectivity index (χ2n) is 4.47. The molecule has 0 aromatic heterocycles. The molecule has 1 aliphatic rings. The van der Waals surface area contributed by atoms with Crippen molar-refractivity contribution in [1.29, 1.82) is 0 Å². The van der Waals surface area contributed by atoms with Crippen LogP contribution in [0.5, 0.6) is 0 Å². The van der Waals surface area contributed by atoms with Crippen LogP contribution in [-0.2, 0) is 4.79 Å². The zero-order valence-corrected chi connectivity index (χ0v) is 11.3. The fraction of sp³-hybridized carbons (Fsp3) is 0.0667. The monoisotopic (exact) mass is 285 g/mol. The molecule has 0 spiro atoms. The van der Waals surface area contributed by atoms with Crippen molar-refractivity contribution in [3.05, 3.63) is 64.7 Å². The molecule has 0 radical (unpaired) electrons. The summed E-state index contributed by atoms with van der Waals surface area (Å²) < 4.78 is 0. The Bertz CT molecular complexity index is 698. The SMILES string of the molecule is NC1N=C(c2ccccc2)c2ccc(Cl)cc2NC1=O. The Morgan fingerprint density at radius 3 is 2.65 bits per heavy atom. The summed E-state index contributed by atoms with van der Waals surface area (Å²) in [5.41, 5.74) is 8.81. The summed E-state index contributed by atoms with van der Waals surface area (Å²) in [6.45, 7) is 0. The topological polar surface area (TPSA) is 67.5 Å². The molecule has 2 aromatic carbocycles. The number of benzene rings is 2. The van der Waals surface area contributed by atoms with Gasteiger partial charge in [-0.1, -0.05) is 41.9 Å². The third kappa shape index (κ3) is 2.31.